The molecule has 4 rings (SSSR count). The summed E-state index contributed by atoms with van der Waals surface area (Å²) in [6.07, 6.45) is 2.28. The Hall–Kier alpha value is -3.38. The van der Waals surface area contributed by atoms with Crippen molar-refractivity contribution < 1.29 is 13.2 Å². The molecule has 5 nitrogen and oxygen atoms in total. The van der Waals surface area contributed by atoms with Crippen molar-refractivity contribution in [2.45, 2.75) is 43.5 Å². The first kappa shape index (κ1) is 22.8. The number of fused-ring (bicyclic) bond motifs is 1. The predicted molar refractivity (Wildman–Crippen MR) is 131 cm³/mol. The average Bonchev–Trinajstić information content (AvgIpc) is 2.82. The molecule has 1 heterocycles. The minimum atomic E-state index is -4.01. The van der Waals surface area contributed by atoms with Gasteiger partial charge >= 0.3 is 0 Å². The van der Waals surface area contributed by atoms with Crippen LogP contribution in [0.3, 0.4) is 0 Å². The monoisotopic (exact) mass is 461 g/mol. The zero-order chi connectivity index (χ0) is 23.6. The third kappa shape index (κ3) is 4.44. The Morgan fingerprint density at radius 1 is 0.939 bits per heavy atom. The molecular weight excluding hydrogens is 434 g/mol. The molecule has 1 aromatic heterocycles. The summed E-state index contributed by atoms with van der Waals surface area (Å²) < 4.78 is 34.5. The van der Waals surface area contributed by atoms with Gasteiger partial charge in [-0.3, -0.25) is 4.79 Å². The molecule has 33 heavy (non-hydrogen) atoms. The van der Waals surface area contributed by atoms with Crippen LogP contribution < -0.4 is 10.2 Å². The minimum Gasteiger partial charge on any atom is -0.494 e. The standard InChI is InChI=1S/C27H27NO4S/c1-4-20-10-13-23(14-11-20)33(30,31)26-18-28(17-21-9-7-6-8-19(21)3)25-15-12-22(32-5-2)16-24(25)27(26)29/h6-16,18H,4-5,17H2,1-3H3. The number of nitrogens with zero attached hydrogens (tertiary/aromatic N) is 1. The third-order valence-corrected chi connectivity index (χ3v) is 7.63. The first-order valence-electron chi connectivity index (χ1n) is 11.0. The molecule has 0 amide bonds. The van der Waals surface area contributed by atoms with Crippen LogP contribution in [-0.4, -0.2) is 19.6 Å². The summed E-state index contributed by atoms with van der Waals surface area (Å²) in [5, 5.41) is 0.320. The van der Waals surface area contributed by atoms with Crippen molar-refractivity contribution in [1.29, 1.82) is 0 Å². The van der Waals surface area contributed by atoms with E-state index in [1.807, 2.05) is 55.7 Å². The molecule has 0 saturated heterocycles. The lowest BCUT2D eigenvalue weighted by Crippen LogP contribution is -2.20. The van der Waals surface area contributed by atoms with Crippen LogP contribution in [0.2, 0.25) is 0 Å². The zero-order valence-corrected chi connectivity index (χ0v) is 19.9. The Morgan fingerprint density at radius 2 is 1.67 bits per heavy atom. The van der Waals surface area contributed by atoms with E-state index in [2.05, 4.69) is 0 Å². The van der Waals surface area contributed by atoms with E-state index in [0.29, 0.717) is 29.8 Å². The fourth-order valence-electron chi connectivity index (χ4n) is 3.93. The van der Waals surface area contributed by atoms with E-state index in [9.17, 15) is 13.2 Å². The summed E-state index contributed by atoms with van der Waals surface area (Å²) >= 11 is 0. The van der Waals surface area contributed by atoms with E-state index in [1.54, 1.807) is 36.4 Å². The number of sulfone groups is 1. The van der Waals surface area contributed by atoms with Crippen LogP contribution in [0, 0.1) is 6.92 Å². The number of benzene rings is 3. The highest BCUT2D eigenvalue weighted by atomic mass is 32.2. The Morgan fingerprint density at radius 3 is 2.33 bits per heavy atom. The molecule has 0 aliphatic heterocycles. The molecule has 0 fully saturated rings. The second-order valence-corrected chi connectivity index (χ2v) is 9.91. The van der Waals surface area contributed by atoms with Crippen LogP contribution in [0.4, 0.5) is 0 Å². The number of aromatic nitrogens is 1. The van der Waals surface area contributed by atoms with Crippen molar-refractivity contribution in [3.05, 3.63) is 99.8 Å². The van der Waals surface area contributed by atoms with Crippen LogP contribution in [0.5, 0.6) is 5.75 Å². The number of hydrogen-bond donors (Lipinski definition) is 0. The molecule has 0 spiro atoms. The van der Waals surface area contributed by atoms with Gasteiger partial charge in [-0.1, -0.05) is 43.3 Å². The molecule has 0 aliphatic rings. The first-order chi connectivity index (χ1) is 15.8. The summed E-state index contributed by atoms with van der Waals surface area (Å²) in [6.45, 7) is 6.77. The minimum absolute atomic E-state index is 0.111. The molecule has 170 valence electrons. The summed E-state index contributed by atoms with van der Waals surface area (Å²) in [7, 11) is -4.01. The normalized spacial score (nSPS) is 11.6. The van der Waals surface area contributed by atoms with Gasteiger partial charge in [0.2, 0.25) is 15.3 Å². The van der Waals surface area contributed by atoms with Crippen molar-refractivity contribution >= 4 is 20.7 Å². The van der Waals surface area contributed by atoms with Crippen LogP contribution in [0.15, 0.2) is 87.5 Å². The number of rotatable bonds is 7. The average molecular weight is 462 g/mol. The summed E-state index contributed by atoms with van der Waals surface area (Å²) in [5.74, 6) is 0.534. The van der Waals surface area contributed by atoms with Gasteiger partial charge < -0.3 is 9.30 Å². The van der Waals surface area contributed by atoms with Crippen LogP contribution in [0.25, 0.3) is 10.9 Å². The molecule has 6 heteroatoms. The van der Waals surface area contributed by atoms with Crippen molar-refractivity contribution in [2.24, 2.45) is 0 Å². The number of aryl methyl sites for hydroxylation is 2. The van der Waals surface area contributed by atoms with Crippen molar-refractivity contribution in [3.8, 4) is 5.75 Å². The lowest BCUT2D eigenvalue weighted by atomic mass is 10.1. The van der Waals surface area contributed by atoms with Crippen LogP contribution >= 0.6 is 0 Å². The Labute approximate surface area is 194 Å². The van der Waals surface area contributed by atoms with Gasteiger partial charge in [-0.15, -0.1) is 0 Å². The van der Waals surface area contributed by atoms with Crippen LogP contribution in [-0.2, 0) is 22.8 Å². The molecule has 0 N–H and O–H groups in total. The van der Waals surface area contributed by atoms with Gasteiger partial charge in [0.15, 0.2) is 0 Å². The maximum atomic E-state index is 13.5. The molecular formula is C27H27NO4S. The third-order valence-electron chi connectivity index (χ3n) is 5.86. The fraction of sp³-hybridized carbons (Fsp3) is 0.222. The van der Waals surface area contributed by atoms with Gasteiger partial charge in [-0.25, -0.2) is 8.42 Å². The van der Waals surface area contributed by atoms with Crippen molar-refractivity contribution in [1.82, 2.24) is 4.57 Å². The largest absolute Gasteiger partial charge is 0.494 e. The molecule has 0 radical (unpaired) electrons. The quantitative estimate of drug-likeness (QED) is 0.382. The summed E-state index contributed by atoms with van der Waals surface area (Å²) in [6, 6.07) is 19.9. The van der Waals surface area contributed by atoms with Gasteiger partial charge in [-0.2, -0.15) is 0 Å². The zero-order valence-electron chi connectivity index (χ0n) is 19.0. The summed E-state index contributed by atoms with van der Waals surface area (Å²) in [4.78, 5) is 13.3. The first-order valence-corrected chi connectivity index (χ1v) is 12.5. The molecule has 3 aromatic carbocycles. The predicted octanol–water partition coefficient (Wildman–Crippen LogP) is 5.15. The lowest BCUT2D eigenvalue weighted by molar-refractivity contribution is 0.340. The van der Waals surface area contributed by atoms with Gasteiger partial charge in [0, 0.05) is 12.7 Å². The fourth-order valence-corrected chi connectivity index (χ4v) is 5.30. The van der Waals surface area contributed by atoms with E-state index < -0.39 is 15.3 Å². The molecule has 0 saturated carbocycles. The van der Waals surface area contributed by atoms with Crippen LogP contribution in [0.1, 0.15) is 30.5 Å². The Balaban J connectivity index is 1.96. The lowest BCUT2D eigenvalue weighted by Gasteiger charge is -2.16. The molecule has 0 bridgehead atoms. The van der Waals surface area contributed by atoms with Gasteiger partial charge in [0.05, 0.1) is 22.4 Å². The van der Waals surface area contributed by atoms with E-state index in [-0.39, 0.29) is 9.79 Å². The second-order valence-electron chi connectivity index (χ2n) is 7.99. The molecule has 0 aliphatic carbocycles. The Bertz CT molecular complexity index is 1470. The highest BCUT2D eigenvalue weighted by Crippen LogP contribution is 2.25. The smallest absolute Gasteiger partial charge is 0.211 e. The maximum Gasteiger partial charge on any atom is 0.211 e. The number of pyridine rings is 1. The van der Waals surface area contributed by atoms with Crippen molar-refractivity contribution in [2.75, 3.05) is 6.61 Å². The molecule has 0 unspecified atom stereocenters. The topological polar surface area (TPSA) is 65.4 Å². The second kappa shape index (κ2) is 9.24. The van der Waals surface area contributed by atoms with E-state index in [4.69, 9.17) is 4.74 Å². The van der Waals surface area contributed by atoms with E-state index >= 15 is 0 Å². The SMILES string of the molecule is CCOc1ccc2c(c1)c(=O)c(S(=O)(=O)c1ccc(CC)cc1)cn2Cc1ccccc1C. The maximum absolute atomic E-state index is 13.5. The van der Waals surface area contributed by atoms with Crippen molar-refractivity contribution in [3.63, 3.8) is 0 Å². The molecule has 4 aromatic rings. The van der Waals surface area contributed by atoms with Gasteiger partial charge in [0.25, 0.3) is 0 Å². The number of hydrogen-bond acceptors (Lipinski definition) is 4. The van der Waals surface area contributed by atoms with E-state index in [1.165, 1.54) is 6.20 Å². The summed E-state index contributed by atoms with van der Waals surface area (Å²) in [5.41, 5.74) is 3.31. The highest BCUT2D eigenvalue weighted by molar-refractivity contribution is 7.91. The van der Waals surface area contributed by atoms with Gasteiger partial charge in [0.1, 0.15) is 10.6 Å². The van der Waals surface area contributed by atoms with Gasteiger partial charge in [-0.05, 0) is 67.3 Å². The molecule has 0 atom stereocenters. The number of ether oxygens (including phenoxy) is 1. The highest BCUT2D eigenvalue weighted by Gasteiger charge is 2.24. The Kier molecular flexibility index (Phi) is 6.38. The van der Waals surface area contributed by atoms with E-state index in [0.717, 1.165) is 23.1 Å².